The van der Waals surface area contributed by atoms with Crippen molar-refractivity contribution in [3.63, 3.8) is 0 Å². The Kier molecular flexibility index (Phi) is 4.10. The Morgan fingerprint density at radius 3 is 2.56 bits per heavy atom. The average Bonchev–Trinajstić information content (AvgIpc) is 2.94. The lowest BCUT2D eigenvalue weighted by Crippen LogP contribution is -2.72. The summed E-state index contributed by atoms with van der Waals surface area (Å²) >= 11 is 3.04. The molecule has 3 heterocycles. The van der Waals surface area contributed by atoms with E-state index in [4.69, 9.17) is 4.74 Å². The Labute approximate surface area is 163 Å². The molecule has 142 valence electrons. The van der Waals surface area contributed by atoms with E-state index in [1.807, 2.05) is 0 Å². The number of likely N-dealkylation sites (tertiary alicyclic amines) is 1. The molecule has 3 aliphatic heterocycles. The summed E-state index contributed by atoms with van der Waals surface area (Å²) in [5.41, 5.74) is -0.630. The number of benzene rings is 1. The van der Waals surface area contributed by atoms with Gasteiger partial charge in [0, 0.05) is 14.1 Å². The molecule has 9 heteroatoms. The number of alkyl halides is 1. The second-order valence-electron chi connectivity index (χ2n) is 7.11. The summed E-state index contributed by atoms with van der Waals surface area (Å²) in [6.45, 7) is 0.142. The van der Waals surface area contributed by atoms with Gasteiger partial charge in [-0.25, -0.2) is 4.39 Å². The standard InChI is InChI=1S/C18H17BrFN3O4/c1-22-8-18-12(15(25)13(19)16(26)27-18)14(24)11(23(2)17(18)21-22)7-9-3-5-10(20)6-4-9/h3-6,11-13H,7-8H2,1-2H3. The van der Waals surface area contributed by atoms with Crippen molar-refractivity contribution in [2.45, 2.75) is 22.9 Å². The Balaban J connectivity index is 1.76. The first kappa shape index (κ1) is 18.1. The maximum Gasteiger partial charge on any atom is 0.328 e. The van der Waals surface area contributed by atoms with E-state index in [1.54, 1.807) is 36.1 Å². The second kappa shape index (κ2) is 6.12. The van der Waals surface area contributed by atoms with Crippen molar-refractivity contribution in [2.75, 3.05) is 20.6 Å². The molecule has 0 radical (unpaired) electrons. The van der Waals surface area contributed by atoms with Crippen LogP contribution >= 0.6 is 15.9 Å². The number of likely N-dealkylation sites (N-methyl/N-ethyl adjacent to an activating group) is 2. The molecule has 1 spiro atoms. The van der Waals surface area contributed by atoms with E-state index in [-0.39, 0.29) is 18.1 Å². The fourth-order valence-electron chi connectivity index (χ4n) is 4.12. The Morgan fingerprint density at radius 1 is 1.22 bits per heavy atom. The SMILES string of the molecule is CN1CC23OC(=O)C(Br)C(=O)C2C(=O)C(Cc2ccc(F)cc2)N(C)C3=N1. The quantitative estimate of drug-likeness (QED) is 0.386. The number of ketones is 2. The van der Waals surface area contributed by atoms with Gasteiger partial charge in [-0.2, -0.15) is 5.10 Å². The summed E-state index contributed by atoms with van der Waals surface area (Å²) in [5.74, 6) is -2.63. The van der Waals surface area contributed by atoms with Crippen molar-refractivity contribution in [2.24, 2.45) is 11.0 Å². The number of carbonyl (C=O) groups is 3. The molecule has 0 aromatic heterocycles. The molecule has 4 rings (SSSR count). The van der Waals surface area contributed by atoms with Crippen LogP contribution in [0.3, 0.4) is 0 Å². The van der Waals surface area contributed by atoms with Gasteiger partial charge in [0.05, 0.1) is 12.6 Å². The van der Waals surface area contributed by atoms with E-state index in [0.29, 0.717) is 12.3 Å². The highest BCUT2D eigenvalue weighted by Crippen LogP contribution is 2.43. The first-order valence-electron chi connectivity index (χ1n) is 8.46. The number of piperidine rings is 1. The van der Waals surface area contributed by atoms with Crippen molar-refractivity contribution >= 4 is 39.3 Å². The van der Waals surface area contributed by atoms with E-state index >= 15 is 0 Å². The maximum absolute atomic E-state index is 13.3. The van der Waals surface area contributed by atoms with Crippen LogP contribution in [0.15, 0.2) is 29.4 Å². The van der Waals surface area contributed by atoms with Crippen LogP contribution in [0.1, 0.15) is 5.56 Å². The van der Waals surface area contributed by atoms with Crippen LogP contribution in [-0.4, -0.2) is 70.4 Å². The van der Waals surface area contributed by atoms with Crippen LogP contribution in [0.25, 0.3) is 0 Å². The minimum Gasteiger partial charge on any atom is -0.446 e. The van der Waals surface area contributed by atoms with E-state index in [1.165, 1.54) is 12.1 Å². The predicted octanol–water partition coefficient (Wildman–Crippen LogP) is 0.755. The Morgan fingerprint density at radius 2 is 1.89 bits per heavy atom. The lowest BCUT2D eigenvalue weighted by molar-refractivity contribution is -0.174. The van der Waals surface area contributed by atoms with E-state index < -0.39 is 34.1 Å². The Bertz CT molecular complexity index is 874. The van der Waals surface area contributed by atoms with Crippen molar-refractivity contribution in [3.05, 3.63) is 35.6 Å². The number of esters is 1. The number of nitrogens with zero attached hydrogens (tertiary/aromatic N) is 3. The predicted molar refractivity (Wildman–Crippen MR) is 96.8 cm³/mol. The summed E-state index contributed by atoms with van der Waals surface area (Å²) in [7, 11) is 3.39. The number of hydrogen-bond donors (Lipinski definition) is 0. The second-order valence-corrected chi connectivity index (χ2v) is 8.02. The molecule has 27 heavy (non-hydrogen) atoms. The molecule has 0 N–H and O–H groups in total. The molecular weight excluding hydrogens is 421 g/mol. The largest absolute Gasteiger partial charge is 0.446 e. The maximum atomic E-state index is 13.3. The molecule has 7 nitrogen and oxygen atoms in total. The van der Waals surface area contributed by atoms with Crippen molar-refractivity contribution < 1.29 is 23.5 Å². The summed E-state index contributed by atoms with van der Waals surface area (Å²) in [4.78, 5) is 38.9. The van der Waals surface area contributed by atoms with Crippen molar-refractivity contribution in [1.29, 1.82) is 0 Å². The molecule has 2 saturated heterocycles. The number of carbonyl (C=O) groups excluding carboxylic acids is 3. The summed E-state index contributed by atoms with van der Waals surface area (Å²) in [5, 5.41) is 5.99. The van der Waals surface area contributed by atoms with Gasteiger partial charge in [-0.15, -0.1) is 0 Å². The Hall–Kier alpha value is -2.29. The number of amidine groups is 1. The van der Waals surface area contributed by atoms with Gasteiger partial charge in [-0.1, -0.05) is 28.1 Å². The fourth-order valence-corrected chi connectivity index (χ4v) is 4.48. The molecule has 3 aliphatic rings. The van der Waals surface area contributed by atoms with Gasteiger partial charge in [0.2, 0.25) is 5.60 Å². The van der Waals surface area contributed by atoms with Gasteiger partial charge in [0.25, 0.3) is 0 Å². The molecule has 1 aromatic rings. The highest BCUT2D eigenvalue weighted by atomic mass is 79.9. The van der Waals surface area contributed by atoms with Gasteiger partial charge in [0.15, 0.2) is 22.2 Å². The molecule has 0 amide bonds. The highest BCUT2D eigenvalue weighted by Gasteiger charge is 2.67. The number of hydrogen-bond acceptors (Lipinski definition) is 7. The topological polar surface area (TPSA) is 79.3 Å². The third-order valence-corrected chi connectivity index (χ3v) is 6.18. The number of Topliss-reactive ketones (excluding diaryl/α,β-unsaturated/α-hetero) is 2. The molecule has 0 saturated carbocycles. The first-order valence-corrected chi connectivity index (χ1v) is 9.38. The summed E-state index contributed by atoms with van der Waals surface area (Å²) in [6.07, 6.45) is 0.291. The zero-order valence-electron chi connectivity index (χ0n) is 14.7. The van der Waals surface area contributed by atoms with Crippen LogP contribution in [0.4, 0.5) is 4.39 Å². The number of rotatable bonds is 2. The molecular formula is C18H17BrFN3O4. The van der Waals surface area contributed by atoms with Crippen LogP contribution < -0.4 is 0 Å². The third kappa shape index (κ3) is 2.59. The molecule has 1 aromatic carbocycles. The molecule has 0 bridgehead atoms. The molecule has 2 fully saturated rings. The minimum absolute atomic E-state index is 0.142. The zero-order valence-corrected chi connectivity index (χ0v) is 16.3. The van der Waals surface area contributed by atoms with Gasteiger partial charge in [-0.05, 0) is 24.1 Å². The number of ether oxygens (including phenoxy) is 1. The number of halogens is 2. The average molecular weight is 438 g/mol. The molecule has 4 atom stereocenters. The van der Waals surface area contributed by atoms with E-state index in [0.717, 1.165) is 5.56 Å². The van der Waals surface area contributed by atoms with Crippen LogP contribution in [0, 0.1) is 11.7 Å². The van der Waals surface area contributed by atoms with Crippen LogP contribution in [-0.2, 0) is 25.5 Å². The van der Waals surface area contributed by atoms with E-state index in [9.17, 15) is 18.8 Å². The van der Waals surface area contributed by atoms with Crippen LogP contribution in [0.5, 0.6) is 0 Å². The van der Waals surface area contributed by atoms with Gasteiger partial charge >= 0.3 is 5.97 Å². The van der Waals surface area contributed by atoms with Gasteiger partial charge in [-0.3, -0.25) is 19.4 Å². The van der Waals surface area contributed by atoms with Crippen molar-refractivity contribution in [1.82, 2.24) is 9.91 Å². The van der Waals surface area contributed by atoms with Gasteiger partial charge < -0.3 is 9.64 Å². The summed E-state index contributed by atoms with van der Waals surface area (Å²) in [6, 6.07) is 5.21. The highest BCUT2D eigenvalue weighted by molar-refractivity contribution is 9.10. The lowest BCUT2D eigenvalue weighted by Gasteiger charge is -2.49. The summed E-state index contributed by atoms with van der Waals surface area (Å²) < 4.78 is 18.8. The van der Waals surface area contributed by atoms with Gasteiger partial charge in [0.1, 0.15) is 11.7 Å². The molecule has 4 unspecified atom stereocenters. The van der Waals surface area contributed by atoms with Crippen LogP contribution in [0.2, 0.25) is 0 Å². The first-order chi connectivity index (χ1) is 12.7. The minimum atomic E-state index is -1.39. The smallest absolute Gasteiger partial charge is 0.328 e. The fraction of sp³-hybridized carbons (Fsp3) is 0.444. The zero-order chi connectivity index (χ0) is 19.5. The third-order valence-electron chi connectivity index (χ3n) is 5.35. The monoisotopic (exact) mass is 437 g/mol. The van der Waals surface area contributed by atoms with E-state index in [2.05, 4.69) is 21.0 Å². The number of hydrazone groups is 1. The van der Waals surface area contributed by atoms with Crippen molar-refractivity contribution in [3.8, 4) is 0 Å². The normalized spacial score (nSPS) is 32.8. The lowest BCUT2D eigenvalue weighted by atomic mass is 9.71. The molecule has 0 aliphatic carbocycles.